The molecule has 25 heavy (non-hydrogen) atoms. The summed E-state index contributed by atoms with van der Waals surface area (Å²) in [6.45, 7) is 1.90. The predicted octanol–water partition coefficient (Wildman–Crippen LogP) is 4.71. The van der Waals surface area contributed by atoms with Crippen LogP contribution in [0.3, 0.4) is 0 Å². The van der Waals surface area contributed by atoms with E-state index in [-0.39, 0.29) is 30.7 Å². The molecule has 1 unspecified atom stereocenters. The Hall–Kier alpha value is -1.83. The van der Waals surface area contributed by atoms with Gasteiger partial charge in [0.25, 0.3) is 0 Å². The maximum atomic E-state index is 13.4. The maximum Gasteiger partial charge on any atom is 0.573 e. The molecule has 1 atom stereocenters. The van der Waals surface area contributed by atoms with E-state index < -0.39 is 12.3 Å². The molecule has 1 aromatic carbocycles. The van der Waals surface area contributed by atoms with Crippen molar-refractivity contribution in [3.8, 4) is 5.75 Å². The number of hydrazine groups is 1. The van der Waals surface area contributed by atoms with Gasteiger partial charge in [0.05, 0.1) is 5.70 Å². The van der Waals surface area contributed by atoms with Gasteiger partial charge in [-0.25, -0.2) is 14.2 Å². The lowest BCUT2D eigenvalue weighted by Crippen LogP contribution is -2.46. The molecule has 0 amide bonds. The van der Waals surface area contributed by atoms with Crippen molar-refractivity contribution in [3.05, 3.63) is 35.9 Å². The van der Waals surface area contributed by atoms with Crippen LogP contribution in [0.15, 0.2) is 30.3 Å². The number of benzene rings is 1. The summed E-state index contributed by atoms with van der Waals surface area (Å²) in [5.74, 6) is -2.94. The molecule has 1 fully saturated rings. The topological polar surface area (TPSA) is 24.5 Å². The monoisotopic (exact) mass is 362 g/mol. The zero-order valence-corrected chi connectivity index (χ0v) is 13.6. The molecule has 1 aliphatic carbocycles. The van der Waals surface area contributed by atoms with Crippen LogP contribution in [0.25, 0.3) is 5.70 Å². The Morgan fingerprint density at radius 3 is 2.52 bits per heavy atom. The molecule has 3 nitrogen and oxygen atoms in total. The predicted molar refractivity (Wildman–Crippen MR) is 82.7 cm³/mol. The minimum absolute atomic E-state index is 0.0374. The highest BCUT2D eigenvalue weighted by molar-refractivity contribution is 5.67. The summed E-state index contributed by atoms with van der Waals surface area (Å²) < 4.78 is 68.0. The number of nitrogens with one attached hydrogen (secondary N) is 1. The minimum atomic E-state index is -4.76. The van der Waals surface area contributed by atoms with Crippen LogP contribution in [-0.4, -0.2) is 29.4 Å². The van der Waals surface area contributed by atoms with Crippen LogP contribution >= 0.6 is 0 Å². The fraction of sp³-hybridized carbons (Fsp3) is 0.529. The first-order valence-electron chi connectivity index (χ1n) is 8.14. The van der Waals surface area contributed by atoms with E-state index in [1.807, 2.05) is 18.0 Å². The summed E-state index contributed by atoms with van der Waals surface area (Å²) in [5, 5.41) is 1.81. The fourth-order valence-corrected chi connectivity index (χ4v) is 3.32. The second-order valence-corrected chi connectivity index (χ2v) is 6.50. The van der Waals surface area contributed by atoms with Gasteiger partial charge < -0.3 is 9.75 Å². The molecule has 3 rings (SSSR count). The van der Waals surface area contributed by atoms with Gasteiger partial charge in [-0.3, -0.25) is 0 Å². The van der Waals surface area contributed by atoms with E-state index in [2.05, 4.69) is 10.2 Å². The van der Waals surface area contributed by atoms with Gasteiger partial charge in [0.15, 0.2) is 0 Å². The lowest BCUT2D eigenvalue weighted by molar-refractivity contribution is -0.274. The van der Waals surface area contributed by atoms with Gasteiger partial charge in [-0.1, -0.05) is 12.1 Å². The molecule has 0 aromatic heterocycles. The molecular weight excluding hydrogens is 343 g/mol. The first-order valence-corrected chi connectivity index (χ1v) is 8.14. The molecule has 1 N–H and O–H groups in total. The fourth-order valence-electron chi connectivity index (χ4n) is 3.32. The standard InChI is InChI=1S/C17H19F5N2O/c1-11-9-15(12-3-2-4-14(10-12)25-17(20,21)22)24(23-11)13-5-7-16(18,19)8-6-13/h2-4,9-11,13,23H,5-8H2,1H3. The van der Waals surface area contributed by atoms with Gasteiger partial charge in [-0.2, -0.15) is 0 Å². The van der Waals surface area contributed by atoms with Gasteiger partial charge in [0, 0.05) is 30.5 Å². The van der Waals surface area contributed by atoms with Crippen LogP contribution in [0.2, 0.25) is 0 Å². The zero-order chi connectivity index (χ0) is 18.2. The molecule has 0 radical (unpaired) electrons. The van der Waals surface area contributed by atoms with E-state index in [4.69, 9.17) is 0 Å². The summed E-state index contributed by atoms with van der Waals surface area (Å²) >= 11 is 0. The highest BCUT2D eigenvalue weighted by Crippen LogP contribution is 2.38. The van der Waals surface area contributed by atoms with Crippen LogP contribution < -0.4 is 10.2 Å². The highest BCUT2D eigenvalue weighted by atomic mass is 19.4. The number of hydrogen-bond donors (Lipinski definition) is 1. The molecule has 1 aliphatic heterocycles. The number of halogens is 5. The van der Waals surface area contributed by atoms with Crippen molar-refractivity contribution < 1.29 is 26.7 Å². The second kappa shape index (κ2) is 6.48. The lowest BCUT2D eigenvalue weighted by atomic mass is 9.91. The smallest absolute Gasteiger partial charge is 0.406 e. The molecule has 1 heterocycles. The number of hydrogen-bond acceptors (Lipinski definition) is 3. The quantitative estimate of drug-likeness (QED) is 0.788. The number of alkyl halides is 5. The summed E-state index contributed by atoms with van der Waals surface area (Å²) in [7, 11) is 0. The Morgan fingerprint density at radius 2 is 1.88 bits per heavy atom. The molecule has 138 valence electrons. The molecule has 0 bridgehead atoms. The van der Waals surface area contributed by atoms with Gasteiger partial charge in [0.2, 0.25) is 5.92 Å². The third-order valence-electron chi connectivity index (χ3n) is 4.43. The minimum Gasteiger partial charge on any atom is -0.406 e. The Kier molecular flexibility index (Phi) is 4.66. The normalized spacial score (nSPS) is 24.3. The SMILES string of the molecule is CC1C=C(c2cccc(OC(F)(F)F)c2)N(C2CCC(F)(F)CC2)N1. The molecule has 0 saturated heterocycles. The molecule has 8 heteroatoms. The van der Waals surface area contributed by atoms with Crippen molar-refractivity contribution in [1.82, 2.24) is 10.4 Å². The first-order chi connectivity index (χ1) is 11.6. The summed E-state index contributed by atoms with van der Waals surface area (Å²) in [6.07, 6.45) is -2.61. The molecule has 1 saturated carbocycles. The lowest BCUT2D eigenvalue weighted by Gasteiger charge is -2.37. The van der Waals surface area contributed by atoms with Gasteiger partial charge in [0.1, 0.15) is 5.75 Å². The Morgan fingerprint density at radius 1 is 1.20 bits per heavy atom. The van der Waals surface area contributed by atoms with Crippen molar-refractivity contribution in [2.45, 2.75) is 57.0 Å². The van der Waals surface area contributed by atoms with Crippen LogP contribution in [0.4, 0.5) is 22.0 Å². The van der Waals surface area contributed by atoms with Crippen LogP contribution in [0.1, 0.15) is 38.2 Å². The van der Waals surface area contributed by atoms with Crippen molar-refractivity contribution >= 4 is 5.70 Å². The van der Waals surface area contributed by atoms with Crippen LogP contribution in [-0.2, 0) is 0 Å². The molecular formula is C17H19F5N2O. The Balaban J connectivity index is 1.80. The summed E-state index contributed by atoms with van der Waals surface area (Å²) in [4.78, 5) is 0. The molecule has 2 aliphatic rings. The number of nitrogens with zero attached hydrogens (tertiary/aromatic N) is 1. The van der Waals surface area contributed by atoms with E-state index in [0.717, 1.165) is 0 Å². The summed E-state index contributed by atoms with van der Waals surface area (Å²) in [6, 6.07) is 5.54. The number of ether oxygens (including phenoxy) is 1. The van der Waals surface area contributed by atoms with Gasteiger partial charge in [-0.15, -0.1) is 13.2 Å². The first kappa shape index (κ1) is 18.0. The molecule has 0 spiro atoms. The largest absolute Gasteiger partial charge is 0.573 e. The van der Waals surface area contributed by atoms with E-state index in [0.29, 0.717) is 24.1 Å². The summed E-state index contributed by atoms with van der Waals surface area (Å²) in [5.41, 5.74) is 4.44. The van der Waals surface area contributed by atoms with E-state index in [1.54, 1.807) is 6.07 Å². The number of rotatable bonds is 3. The van der Waals surface area contributed by atoms with Crippen molar-refractivity contribution in [3.63, 3.8) is 0 Å². The van der Waals surface area contributed by atoms with E-state index in [9.17, 15) is 22.0 Å². The van der Waals surface area contributed by atoms with Crippen LogP contribution in [0, 0.1) is 0 Å². The highest BCUT2D eigenvalue weighted by Gasteiger charge is 2.39. The average molecular weight is 362 g/mol. The third kappa shape index (κ3) is 4.42. The van der Waals surface area contributed by atoms with Gasteiger partial charge in [-0.05, 0) is 38.0 Å². The molecule has 1 aromatic rings. The Bertz CT molecular complexity index is 649. The maximum absolute atomic E-state index is 13.4. The van der Waals surface area contributed by atoms with Crippen LogP contribution in [0.5, 0.6) is 5.75 Å². The van der Waals surface area contributed by atoms with Crippen molar-refractivity contribution in [2.75, 3.05) is 0 Å². The third-order valence-corrected chi connectivity index (χ3v) is 4.43. The Labute approximate surface area is 142 Å². The van der Waals surface area contributed by atoms with Crippen molar-refractivity contribution in [2.24, 2.45) is 0 Å². The van der Waals surface area contributed by atoms with E-state index >= 15 is 0 Å². The van der Waals surface area contributed by atoms with Gasteiger partial charge >= 0.3 is 6.36 Å². The second-order valence-electron chi connectivity index (χ2n) is 6.50. The average Bonchev–Trinajstić information content (AvgIpc) is 2.88. The van der Waals surface area contributed by atoms with E-state index in [1.165, 1.54) is 18.2 Å². The zero-order valence-electron chi connectivity index (χ0n) is 13.6. The van der Waals surface area contributed by atoms with Crippen molar-refractivity contribution in [1.29, 1.82) is 0 Å².